The van der Waals surface area contributed by atoms with Crippen molar-refractivity contribution < 1.29 is 14.5 Å². The van der Waals surface area contributed by atoms with Crippen LogP contribution < -0.4 is 20.7 Å². The lowest BCUT2D eigenvalue weighted by atomic mass is 9.98. The molecule has 8 nitrogen and oxygen atoms in total. The van der Waals surface area contributed by atoms with Crippen molar-refractivity contribution in [2.75, 3.05) is 36.5 Å². The van der Waals surface area contributed by atoms with Crippen molar-refractivity contribution in [2.45, 2.75) is 19.8 Å². The molecule has 0 aromatic heterocycles. The lowest BCUT2D eigenvalue weighted by Crippen LogP contribution is -2.33. The number of piperidine rings is 1. The second-order valence-corrected chi connectivity index (χ2v) is 7.25. The van der Waals surface area contributed by atoms with Gasteiger partial charge < -0.3 is 20.7 Å². The van der Waals surface area contributed by atoms with Crippen LogP contribution in [0, 0.1) is 16.0 Å². The Bertz CT molecular complexity index is 861. The minimum atomic E-state index is -0.423. The van der Waals surface area contributed by atoms with E-state index < -0.39 is 10.8 Å². The van der Waals surface area contributed by atoms with E-state index in [0.29, 0.717) is 36.2 Å². The van der Waals surface area contributed by atoms with Crippen LogP contribution in [0.25, 0.3) is 0 Å². The van der Waals surface area contributed by atoms with Crippen LogP contribution in [0.15, 0.2) is 42.5 Å². The highest BCUT2D eigenvalue weighted by atomic mass is 16.6. The molecule has 2 aromatic carbocycles. The van der Waals surface area contributed by atoms with Gasteiger partial charge in [0.2, 0.25) is 0 Å². The maximum absolute atomic E-state index is 12.6. The van der Waals surface area contributed by atoms with Crippen molar-refractivity contribution in [3.63, 3.8) is 0 Å². The van der Waals surface area contributed by atoms with Gasteiger partial charge in [0.25, 0.3) is 11.6 Å². The van der Waals surface area contributed by atoms with Gasteiger partial charge in [0.1, 0.15) is 18.0 Å². The standard InChI is InChI=1S/C21H26N4O4/c1-15-8-11-24(12-9-15)19-7-2-16(14-20(19)25(27)28)21(26)23-17-3-5-18(6-4-17)29-13-10-22/h2-7,14-15H,8-13,22H2,1H3,(H,23,26). The number of carbonyl (C=O) groups excluding carboxylic acids is 1. The van der Waals surface area contributed by atoms with Gasteiger partial charge in [-0.05, 0) is 55.2 Å². The molecule has 0 atom stereocenters. The number of hydrogen-bond donors (Lipinski definition) is 2. The number of carbonyl (C=O) groups is 1. The molecule has 29 heavy (non-hydrogen) atoms. The predicted molar refractivity (Wildman–Crippen MR) is 113 cm³/mol. The quantitative estimate of drug-likeness (QED) is 0.546. The van der Waals surface area contributed by atoms with E-state index in [2.05, 4.69) is 12.2 Å². The van der Waals surface area contributed by atoms with Gasteiger partial charge in [0, 0.05) is 37.0 Å². The van der Waals surface area contributed by atoms with E-state index in [1.54, 1.807) is 36.4 Å². The smallest absolute Gasteiger partial charge is 0.293 e. The second-order valence-electron chi connectivity index (χ2n) is 7.25. The number of nitro benzene ring substituents is 1. The number of amides is 1. The molecule has 0 aliphatic carbocycles. The van der Waals surface area contributed by atoms with Crippen molar-refractivity contribution in [3.05, 3.63) is 58.1 Å². The van der Waals surface area contributed by atoms with Gasteiger partial charge >= 0.3 is 0 Å². The van der Waals surface area contributed by atoms with Crippen LogP contribution in [0.4, 0.5) is 17.1 Å². The number of nitro groups is 1. The van der Waals surface area contributed by atoms with Gasteiger partial charge in [0.15, 0.2) is 0 Å². The highest BCUT2D eigenvalue weighted by Gasteiger charge is 2.24. The third-order valence-electron chi connectivity index (χ3n) is 5.06. The number of hydrogen-bond acceptors (Lipinski definition) is 6. The number of benzene rings is 2. The van der Waals surface area contributed by atoms with Crippen LogP contribution in [0.1, 0.15) is 30.1 Å². The van der Waals surface area contributed by atoms with E-state index in [1.807, 2.05) is 4.90 Å². The first-order valence-corrected chi connectivity index (χ1v) is 9.75. The Morgan fingerprint density at radius 1 is 1.24 bits per heavy atom. The monoisotopic (exact) mass is 398 g/mol. The van der Waals surface area contributed by atoms with Gasteiger partial charge in [-0.25, -0.2) is 0 Å². The van der Waals surface area contributed by atoms with E-state index >= 15 is 0 Å². The molecule has 1 aliphatic heterocycles. The summed E-state index contributed by atoms with van der Waals surface area (Å²) in [6.45, 7) is 4.59. The van der Waals surface area contributed by atoms with E-state index in [4.69, 9.17) is 10.5 Å². The second kappa shape index (κ2) is 9.38. The molecular formula is C21H26N4O4. The molecule has 3 rings (SSSR count). The van der Waals surface area contributed by atoms with Crippen molar-refractivity contribution in [3.8, 4) is 5.75 Å². The summed E-state index contributed by atoms with van der Waals surface area (Å²) in [6.07, 6.45) is 2.01. The van der Waals surface area contributed by atoms with E-state index in [1.165, 1.54) is 6.07 Å². The fourth-order valence-electron chi connectivity index (χ4n) is 3.34. The third-order valence-corrected chi connectivity index (χ3v) is 5.06. The number of anilines is 2. The van der Waals surface area contributed by atoms with Gasteiger partial charge in [-0.1, -0.05) is 6.92 Å². The lowest BCUT2D eigenvalue weighted by Gasteiger charge is -2.31. The number of rotatable bonds is 7. The Morgan fingerprint density at radius 3 is 2.55 bits per heavy atom. The summed E-state index contributed by atoms with van der Waals surface area (Å²) < 4.78 is 5.40. The number of nitrogens with two attached hydrogens (primary N) is 1. The minimum Gasteiger partial charge on any atom is -0.492 e. The van der Waals surface area contributed by atoms with Gasteiger partial charge in [-0.15, -0.1) is 0 Å². The topological polar surface area (TPSA) is 111 Å². The Morgan fingerprint density at radius 2 is 1.93 bits per heavy atom. The SMILES string of the molecule is CC1CCN(c2ccc(C(=O)Nc3ccc(OCCN)cc3)cc2[N+](=O)[O-])CC1. The molecule has 0 unspecified atom stereocenters. The van der Waals surface area contributed by atoms with Crippen LogP contribution in [0.3, 0.4) is 0 Å². The zero-order chi connectivity index (χ0) is 20.8. The number of nitrogens with one attached hydrogen (secondary N) is 1. The summed E-state index contributed by atoms with van der Waals surface area (Å²) in [5.41, 5.74) is 6.75. The molecular weight excluding hydrogens is 372 g/mol. The summed E-state index contributed by atoms with van der Waals surface area (Å²) >= 11 is 0. The Hall–Kier alpha value is -3.13. The van der Waals surface area contributed by atoms with Gasteiger partial charge in [-0.3, -0.25) is 14.9 Å². The molecule has 1 heterocycles. The minimum absolute atomic E-state index is 0.0438. The molecule has 0 saturated carbocycles. The molecule has 1 fully saturated rings. The molecule has 0 radical (unpaired) electrons. The summed E-state index contributed by atoms with van der Waals surface area (Å²) in [5.74, 6) is 0.884. The van der Waals surface area contributed by atoms with Gasteiger partial charge in [0.05, 0.1) is 4.92 Å². The fraction of sp³-hybridized carbons (Fsp3) is 0.381. The summed E-state index contributed by atoms with van der Waals surface area (Å²) in [4.78, 5) is 25.8. The zero-order valence-corrected chi connectivity index (χ0v) is 16.5. The normalized spacial score (nSPS) is 14.5. The van der Waals surface area contributed by atoms with Crippen molar-refractivity contribution >= 4 is 23.0 Å². The molecule has 1 saturated heterocycles. The molecule has 0 bridgehead atoms. The molecule has 0 spiro atoms. The van der Waals surface area contributed by atoms with E-state index in [9.17, 15) is 14.9 Å². The maximum Gasteiger partial charge on any atom is 0.293 e. The van der Waals surface area contributed by atoms with Crippen molar-refractivity contribution in [1.29, 1.82) is 0 Å². The third kappa shape index (κ3) is 5.23. The average molecular weight is 398 g/mol. The molecule has 1 amide bonds. The first-order chi connectivity index (χ1) is 14.0. The summed E-state index contributed by atoms with van der Waals surface area (Å²) in [6, 6.07) is 11.5. The Balaban J connectivity index is 1.73. The first-order valence-electron chi connectivity index (χ1n) is 9.75. The highest BCUT2D eigenvalue weighted by Crippen LogP contribution is 2.32. The predicted octanol–water partition coefficient (Wildman–Crippen LogP) is 3.42. The number of ether oxygens (including phenoxy) is 1. The van der Waals surface area contributed by atoms with Crippen molar-refractivity contribution in [2.24, 2.45) is 11.7 Å². The molecule has 1 aliphatic rings. The molecule has 154 valence electrons. The zero-order valence-electron chi connectivity index (χ0n) is 16.5. The Labute approximate surface area is 169 Å². The van der Waals surface area contributed by atoms with Crippen molar-refractivity contribution in [1.82, 2.24) is 0 Å². The molecule has 2 aromatic rings. The largest absolute Gasteiger partial charge is 0.492 e. The first kappa shape index (κ1) is 20.6. The fourth-order valence-corrected chi connectivity index (χ4v) is 3.34. The highest BCUT2D eigenvalue weighted by molar-refractivity contribution is 6.05. The van der Waals surface area contributed by atoms with E-state index in [0.717, 1.165) is 25.9 Å². The average Bonchev–Trinajstić information content (AvgIpc) is 2.73. The molecule has 3 N–H and O–H groups in total. The van der Waals surface area contributed by atoms with Crippen LogP contribution >= 0.6 is 0 Å². The number of nitrogens with zero attached hydrogens (tertiary/aromatic N) is 2. The summed E-state index contributed by atoms with van der Waals surface area (Å²) in [7, 11) is 0. The van der Waals surface area contributed by atoms with Crippen LogP contribution in [0.2, 0.25) is 0 Å². The van der Waals surface area contributed by atoms with E-state index in [-0.39, 0.29) is 11.3 Å². The van der Waals surface area contributed by atoms with Crippen LogP contribution in [-0.4, -0.2) is 37.1 Å². The summed E-state index contributed by atoms with van der Waals surface area (Å²) in [5, 5.41) is 14.4. The van der Waals surface area contributed by atoms with Gasteiger partial charge in [-0.2, -0.15) is 0 Å². The molecule has 8 heteroatoms. The lowest BCUT2D eigenvalue weighted by molar-refractivity contribution is -0.384. The maximum atomic E-state index is 12.6. The van der Waals surface area contributed by atoms with Crippen LogP contribution in [-0.2, 0) is 0 Å². The Kier molecular flexibility index (Phi) is 6.66. The van der Waals surface area contributed by atoms with Crippen LogP contribution in [0.5, 0.6) is 5.75 Å².